The molecule has 7 nitrogen and oxygen atoms in total. The third kappa shape index (κ3) is 3.73. The van der Waals surface area contributed by atoms with Gasteiger partial charge in [-0.15, -0.1) is 0 Å². The lowest BCUT2D eigenvalue weighted by Gasteiger charge is -2.38. The Balaban J connectivity index is 2.14. The monoisotopic (exact) mass is 400 g/mol. The van der Waals surface area contributed by atoms with Gasteiger partial charge in [0.05, 0.1) is 0 Å². The van der Waals surface area contributed by atoms with Gasteiger partial charge in [0, 0.05) is 47.0 Å². The normalized spacial score (nSPS) is 18.1. The predicted octanol–water partition coefficient (Wildman–Crippen LogP) is 2.96. The van der Waals surface area contributed by atoms with Gasteiger partial charge in [0.1, 0.15) is 5.57 Å². The fraction of sp³-hybridized carbons (Fsp3) is 0.500. The Kier molecular flexibility index (Phi) is 5.43. The van der Waals surface area contributed by atoms with Crippen molar-refractivity contribution in [3.63, 3.8) is 0 Å². The van der Waals surface area contributed by atoms with Gasteiger partial charge in [0.2, 0.25) is 5.91 Å². The highest BCUT2D eigenvalue weighted by Gasteiger charge is 2.53. The molecule has 0 atom stereocenters. The number of esters is 1. The largest absolute Gasteiger partial charge is 0.447 e. The van der Waals surface area contributed by atoms with Crippen molar-refractivity contribution in [1.82, 2.24) is 9.80 Å². The van der Waals surface area contributed by atoms with Gasteiger partial charge in [0.15, 0.2) is 11.4 Å². The summed E-state index contributed by atoms with van der Waals surface area (Å²) in [5, 5.41) is 0. The van der Waals surface area contributed by atoms with E-state index in [1.165, 1.54) is 11.8 Å². The first kappa shape index (κ1) is 20.9. The van der Waals surface area contributed by atoms with E-state index in [0.29, 0.717) is 31.5 Å². The van der Waals surface area contributed by atoms with Crippen LogP contribution in [-0.4, -0.2) is 60.6 Å². The summed E-state index contributed by atoms with van der Waals surface area (Å²) in [4.78, 5) is 40.3. The molecule has 2 amide bonds. The first-order valence-corrected chi connectivity index (χ1v) is 9.76. The summed E-state index contributed by atoms with van der Waals surface area (Å²) in [6.07, 6.45) is 0.218. The summed E-state index contributed by atoms with van der Waals surface area (Å²) in [5.74, 6) is -0.247. The highest BCUT2D eigenvalue weighted by atomic mass is 16.6. The molecule has 29 heavy (non-hydrogen) atoms. The van der Waals surface area contributed by atoms with E-state index in [2.05, 4.69) is 0 Å². The number of carbonyl (C=O) groups excluding carboxylic acids is 3. The molecule has 0 radical (unpaired) electrons. The van der Waals surface area contributed by atoms with E-state index < -0.39 is 17.7 Å². The molecule has 0 N–H and O–H groups in total. The maximum atomic E-state index is 13.0. The molecule has 156 valence electrons. The second kappa shape index (κ2) is 7.54. The van der Waals surface area contributed by atoms with Gasteiger partial charge < -0.3 is 19.3 Å². The summed E-state index contributed by atoms with van der Waals surface area (Å²) in [6, 6.07) is 3.99. The molecule has 2 aliphatic rings. The molecule has 0 aliphatic carbocycles. The standard InChI is InChI=1S/C22H28N2O5/c1-13-11-14(2)17(15(3)12-13)18-19(28-21(27)23(5)6)22(29-20(18)26)7-9-24(10-8-22)16(4)25/h11-12H,7-10H2,1-6H3. The van der Waals surface area contributed by atoms with Crippen molar-refractivity contribution in [3.05, 3.63) is 40.1 Å². The highest BCUT2D eigenvalue weighted by Crippen LogP contribution is 2.46. The molecule has 0 unspecified atom stereocenters. The second-order valence-corrected chi connectivity index (χ2v) is 8.13. The average molecular weight is 400 g/mol. The van der Waals surface area contributed by atoms with Gasteiger partial charge >= 0.3 is 12.1 Å². The minimum Gasteiger partial charge on any atom is -0.447 e. The van der Waals surface area contributed by atoms with Crippen molar-refractivity contribution < 1.29 is 23.9 Å². The van der Waals surface area contributed by atoms with Gasteiger partial charge in [-0.3, -0.25) is 4.79 Å². The van der Waals surface area contributed by atoms with Crippen molar-refractivity contribution in [2.45, 2.75) is 46.1 Å². The quantitative estimate of drug-likeness (QED) is 0.714. The maximum Gasteiger partial charge on any atom is 0.414 e. The molecular formula is C22H28N2O5. The Hall–Kier alpha value is -2.83. The minimum absolute atomic E-state index is 0.0227. The molecule has 0 bridgehead atoms. The zero-order valence-electron chi connectivity index (χ0n) is 17.9. The van der Waals surface area contributed by atoms with Crippen LogP contribution in [0.5, 0.6) is 0 Å². The summed E-state index contributed by atoms with van der Waals surface area (Å²) >= 11 is 0. The lowest BCUT2D eigenvalue weighted by Crippen LogP contribution is -2.48. The molecule has 2 heterocycles. The van der Waals surface area contributed by atoms with Crippen LogP contribution in [0.1, 0.15) is 42.0 Å². The van der Waals surface area contributed by atoms with E-state index in [1.54, 1.807) is 19.0 Å². The predicted molar refractivity (Wildman–Crippen MR) is 108 cm³/mol. The summed E-state index contributed by atoms with van der Waals surface area (Å²) in [6.45, 7) is 8.26. The first-order valence-electron chi connectivity index (χ1n) is 9.76. The summed E-state index contributed by atoms with van der Waals surface area (Å²) in [5.41, 5.74) is 2.96. The molecule has 3 rings (SSSR count). The Morgan fingerprint density at radius 2 is 1.66 bits per heavy atom. The zero-order chi connectivity index (χ0) is 21.5. The molecule has 1 fully saturated rings. The smallest absolute Gasteiger partial charge is 0.414 e. The van der Waals surface area contributed by atoms with Gasteiger partial charge in [-0.25, -0.2) is 9.59 Å². The van der Waals surface area contributed by atoms with Crippen LogP contribution in [0.2, 0.25) is 0 Å². The number of likely N-dealkylation sites (tertiary alicyclic amines) is 1. The van der Waals surface area contributed by atoms with Crippen LogP contribution in [-0.2, 0) is 19.1 Å². The van der Waals surface area contributed by atoms with Crippen LogP contribution in [0.3, 0.4) is 0 Å². The number of aryl methyl sites for hydroxylation is 3. The molecular weight excluding hydrogens is 372 g/mol. The Morgan fingerprint density at radius 1 is 1.10 bits per heavy atom. The van der Waals surface area contributed by atoms with Crippen LogP contribution in [0, 0.1) is 20.8 Å². The topological polar surface area (TPSA) is 76.1 Å². The van der Waals surface area contributed by atoms with Gasteiger partial charge in [-0.05, 0) is 37.5 Å². The molecule has 0 aromatic heterocycles. The van der Waals surface area contributed by atoms with Crippen LogP contribution in [0.25, 0.3) is 5.57 Å². The number of ether oxygens (including phenoxy) is 2. The second-order valence-electron chi connectivity index (χ2n) is 8.13. The fourth-order valence-electron chi connectivity index (χ4n) is 4.22. The van der Waals surface area contributed by atoms with E-state index in [4.69, 9.17) is 9.47 Å². The lowest BCUT2D eigenvalue weighted by atomic mass is 9.85. The van der Waals surface area contributed by atoms with E-state index in [9.17, 15) is 14.4 Å². The maximum absolute atomic E-state index is 13.0. The highest BCUT2D eigenvalue weighted by molar-refractivity contribution is 6.20. The molecule has 1 spiro atoms. The SMILES string of the molecule is CC(=O)N1CCC2(CC1)OC(=O)C(c1c(C)cc(C)cc1C)=C2OC(=O)N(C)C. The molecule has 1 saturated heterocycles. The number of carbonyl (C=O) groups is 3. The number of benzene rings is 1. The number of hydrogen-bond donors (Lipinski definition) is 0. The zero-order valence-corrected chi connectivity index (χ0v) is 17.9. The number of amides is 2. The Bertz CT molecular complexity index is 885. The fourth-order valence-corrected chi connectivity index (χ4v) is 4.22. The van der Waals surface area contributed by atoms with Crippen LogP contribution < -0.4 is 0 Å². The van der Waals surface area contributed by atoms with E-state index in [1.807, 2.05) is 32.9 Å². The van der Waals surface area contributed by atoms with Crippen LogP contribution >= 0.6 is 0 Å². The number of hydrogen-bond acceptors (Lipinski definition) is 5. The molecule has 2 aliphatic heterocycles. The molecule has 1 aromatic rings. The first-order chi connectivity index (χ1) is 13.6. The van der Waals surface area contributed by atoms with Crippen LogP contribution in [0.4, 0.5) is 4.79 Å². The third-order valence-corrected chi connectivity index (χ3v) is 5.63. The number of nitrogens with zero attached hydrogens (tertiary/aromatic N) is 2. The van der Waals surface area contributed by atoms with Crippen molar-refractivity contribution in [2.24, 2.45) is 0 Å². The van der Waals surface area contributed by atoms with Gasteiger partial charge in [-0.2, -0.15) is 0 Å². The lowest BCUT2D eigenvalue weighted by molar-refractivity contribution is -0.152. The van der Waals surface area contributed by atoms with Gasteiger partial charge in [-0.1, -0.05) is 17.7 Å². The minimum atomic E-state index is -1.03. The summed E-state index contributed by atoms with van der Waals surface area (Å²) < 4.78 is 11.6. The van der Waals surface area contributed by atoms with Crippen molar-refractivity contribution in [1.29, 1.82) is 0 Å². The van der Waals surface area contributed by atoms with Gasteiger partial charge in [0.25, 0.3) is 0 Å². The Labute approximate surface area is 171 Å². The van der Waals surface area contributed by atoms with Crippen molar-refractivity contribution >= 4 is 23.5 Å². The number of piperidine rings is 1. The van der Waals surface area contributed by atoms with E-state index >= 15 is 0 Å². The Morgan fingerprint density at radius 3 is 2.14 bits per heavy atom. The van der Waals surface area contributed by atoms with Crippen LogP contribution in [0.15, 0.2) is 17.9 Å². The average Bonchev–Trinajstić information content (AvgIpc) is 2.86. The summed E-state index contributed by atoms with van der Waals surface area (Å²) in [7, 11) is 3.18. The van der Waals surface area contributed by atoms with Crippen molar-refractivity contribution in [3.8, 4) is 0 Å². The number of rotatable bonds is 2. The van der Waals surface area contributed by atoms with Crippen molar-refractivity contribution in [2.75, 3.05) is 27.2 Å². The van der Waals surface area contributed by atoms with E-state index in [-0.39, 0.29) is 11.7 Å². The molecule has 0 saturated carbocycles. The molecule has 7 heteroatoms. The van der Waals surface area contributed by atoms with E-state index in [0.717, 1.165) is 22.3 Å². The third-order valence-electron chi connectivity index (χ3n) is 5.63. The molecule has 1 aromatic carbocycles.